The number of morpholine rings is 1. The molecule has 128 valence electrons. The molecule has 3 heterocycles. The lowest BCUT2D eigenvalue weighted by molar-refractivity contribution is 0.122. The smallest absolute Gasteiger partial charge is 0.231 e. The monoisotopic (exact) mass is 328 g/mol. The number of aryl methyl sites for hydroxylation is 1. The highest BCUT2D eigenvalue weighted by molar-refractivity contribution is 5.54. The van der Waals surface area contributed by atoms with E-state index in [-0.39, 0.29) is 0 Å². The second kappa shape index (κ2) is 6.91. The van der Waals surface area contributed by atoms with Crippen LogP contribution >= 0.6 is 0 Å². The summed E-state index contributed by atoms with van der Waals surface area (Å²) in [7, 11) is 0. The van der Waals surface area contributed by atoms with Gasteiger partial charge in [0.05, 0.1) is 19.1 Å². The van der Waals surface area contributed by atoms with Gasteiger partial charge in [-0.05, 0) is 31.5 Å². The number of anilines is 1. The summed E-state index contributed by atoms with van der Waals surface area (Å²) in [5.74, 6) is 1.87. The van der Waals surface area contributed by atoms with Gasteiger partial charge in [-0.3, -0.25) is 4.90 Å². The number of nitrogens with zero attached hydrogens (tertiary/aromatic N) is 4. The van der Waals surface area contributed by atoms with Gasteiger partial charge in [-0.2, -0.15) is 4.98 Å². The van der Waals surface area contributed by atoms with Crippen LogP contribution in [0.2, 0.25) is 0 Å². The van der Waals surface area contributed by atoms with Crippen molar-refractivity contribution in [2.45, 2.75) is 25.8 Å². The number of likely N-dealkylation sites (tertiary alicyclic amines) is 1. The summed E-state index contributed by atoms with van der Waals surface area (Å²) < 4.78 is 10.8. The maximum absolute atomic E-state index is 5.48. The van der Waals surface area contributed by atoms with Crippen LogP contribution in [-0.4, -0.2) is 54.4 Å². The molecule has 4 rings (SSSR count). The molecule has 2 aromatic rings. The van der Waals surface area contributed by atoms with Crippen molar-refractivity contribution < 1.29 is 9.26 Å². The molecular weight excluding hydrogens is 304 g/mol. The van der Waals surface area contributed by atoms with Gasteiger partial charge in [-0.15, -0.1) is 0 Å². The van der Waals surface area contributed by atoms with Gasteiger partial charge in [-0.1, -0.05) is 23.4 Å². The van der Waals surface area contributed by atoms with Crippen LogP contribution < -0.4 is 4.90 Å². The average Bonchev–Trinajstić information content (AvgIpc) is 3.25. The third kappa shape index (κ3) is 3.30. The van der Waals surface area contributed by atoms with E-state index in [1.165, 1.54) is 11.3 Å². The van der Waals surface area contributed by atoms with E-state index in [2.05, 4.69) is 44.2 Å². The Morgan fingerprint density at radius 2 is 2.00 bits per heavy atom. The second-order valence-corrected chi connectivity index (χ2v) is 6.63. The van der Waals surface area contributed by atoms with E-state index < -0.39 is 0 Å². The largest absolute Gasteiger partial charge is 0.378 e. The number of aromatic nitrogens is 2. The summed E-state index contributed by atoms with van der Waals surface area (Å²) in [5.41, 5.74) is 2.74. The molecule has 1 atom stereocenters. The number of hydrogen-bond acceptors (Lipinski definition) is 6. The minimum absolute atomic E-state index is 0.363. The number of benzene rings is 1. The lowest BCUT2D eigenvalue weighted by Gasteiger charge is -2.31. The van der Waals surface area contributed by atoms with Gasteiger partial charge < -0.3 is 14.2 Å². The van der Waals surface area contributed by atoms with Crippen molar-refractivity contribution in [2.24, 2.45) is 0 Å². The van der Waals surface area contributed by atoms with Gasteiger partial charge in [0.2, 0.25) is 5.89 Å². The standard InChI is InChI=1S/C18H24N4O2/c1-14-19-18(24-20-14)16-6-7-21(13-16)12-15-4-2-3-5-17(15)22-8-10-23-11-9-22/h2-5,16H,6-13H2,1H3. The topological polar surface area (TPSA) is 54.6 Å². The van der Waals surface area contributed by atoms with E-state index in [1.807, 2.05) is 6.92 Å². The SMILES string of the molecule is Cc1noc(C2CCN(Cc3ccccc3N3CCOCC3)C2)n1. The number of para-hydroxylation sites is 1. The Labute approximate surface area is 142 Å². The molecule has 0 bridgehead atoms. The maximum Gasteiger partial charge on any atom is 0.231 e. The zero-order chi connectivity index (χ0) is 16.4. The normalized spacial score (nSPS) is 22.2. The molecule has 1 unspecified atom stereocenters. The molecule has 2 saturated heterocycles. The Kier molecular flexibility index (Phi) is 4.49. The molecule has 6 nitrogen and oxygen atoms in total. The fourth-order valence-corrected chi connectivity index (χ4v) is 3.65. The van der Waals surface area contributed by atoms with Crippen molar-refractivity contribution in [1.82, 2.24) is 15.0 Å². The van der Waals surface area contributed by atoms with Gasteiger partial charge in [-0.25, -0.2) is 0 Å². The predicted molar refractivity (Wildman–Crippen MR) is 91.1 cm³/mol. The number of hydrogen-bond donors (Lipinski definition) is 0. The van der Waals surface area contributed by atoms with Gasteiger partial charge in [0.15, 0.2) is 5.82 Å². The van der Waals surface area contributed by atoms with Crippen LogP contribution in [0.15, 0.2) is 28.8 Å². The van der Waals surface area contributed by atoms with Gasteiger partial charge >= 0.3 is 0 Å². The lowest BCUT2D eigenvalue weighted by Crippen LogP contribution is -2.37. The molecule has 2 fully saturated rings. The van der Waals surface area contributed by atoms with Crippen LogP contribution in [0.3, 0.4) is 0 Å². The highest BCUT2D eigenvalue weighted by atomic mass is 16.5. The summed E-state index contributed by atoms with van der Waals surface area (Å²) in [4.78, 5) is 9.33. The molecule has 24 heavy (non-hydrogen) atoms. The van der Waals surface area contributed by atoms with Crippen LogP contribution in [0.1, 0.15) is 29.6 Å². The summed E-state index contributed by atoms with van der Waals surface area (Å²) in [6, 6.07) is 8.74. The summed E-state index contributed by atoms with van der Waals surface area (Å²) >= 11 is 0. The molecule has 6 heteroatoms. The fourth-order valence-electron chi connectivity index (χ4n) is 3.65. The molecule has 0 aliphatic carbocycles. The Morgan fingerprint density at radius 1 is 1.17 bits per heavy atom. The van der Waals surface area contributed by atoms with Crippen molar-refractivity contribution >= 4 is 5.69 Å². The lowest BCUT2D eigenvalue weighted by atomic mass is 10.1. The molecule has 0 N–H and O–H groups in total. The van der Waals surface area contributed by atoms with E-state index >= 15 is 0 Å². The van der Waals surface area contributed by atoms with Crippen molar-refractivity contribution in [3.05, 3.63) is 41.5 Å². The number of rotatable bonds is 4. The van der Waals surface area contributed by atoms with Crippen LogP contribution in [0, 0.1) is 6.92 Å². The molecule has 1 aromatic carbocycles. The van der Waals surface area contributed by atoms with Crippen LogP contribution in [0.5, 0.6) is 0 Å². The second-order valence-electron chi connectivity index (χ2n) is 6.63. The third-order valence-electron chi connectivity index (χ3n) is 4.90. The summed E-state index contributed by atoms with van der Waals surface area (Å²) in [6.45, 7) is 8.48. The zero-order valence-electron chi connectivity index (χ0n) is 14.1. The fraction of sp³-hybridized carbons (Fsp3) is 0.556. The van der Waals surface area contributed by atoms with E-state index in [4.69, 9.17) is 9.26 Å². The van der Waals surface area contributed by atoms with Crippen molar-refractivity contribution in [1.29, 1.82) is 0 Å². The van der Waals surface area contributed by atoms with E-state index in [0.717, 1.165) is 64.1 Å². The quantitative estimate of drug-likeness (QED) is 0.858. The molecule has 2 aliphatic rings. The Bertz CT molecular complexity index is 681. The maximum atomic E-state index is 5.48. The number of ether oxygens (including phenoxy) is 1. The summed E-state index contributed by atoms with van der Waals surface area (Å²) in [6.07, 6.45) is 1.08. The Balaban J connectivity index is 1.44. The first-order chi connectivity index (χ1) is 11.8. The zero-order valence-corrected chi connectivity index (χ0v) is 14.1. The van der Waals surface area contributed by atoms with Crippen molar-refractivity contribution in [3.63, 3.8) is 0 Å². The van der Waals surface area contributed by atoms with Crippen molar-refractivity contribution in [2.75, 3.05) is 44.3 Å². The Morgan fingerprint density at radius 3 is 2.79 bits per heavy atom. The van der Waals surface area contributed by atoms with Gasteiger partial charge in [0, 0.05) is 31.9 Å². The molecule has 0 spiro atoms. The first-order valence-electron chi connectivity index (χ1n) is 8.73. The first kappa shape index (κ1) is 15.6. The highest BCUT2D eigenvalue weighted by Gasteiger charge is 2.28. The van der Waals surface area contributed by atoms with Gasteiger partial charge in [0.1, 0.15) is 0 Å². The van der Waals surface area contributed by atoms with Crippen LogP contribution in [-0.2, 0) is 11.3 Å². The minimum Gasteiger partial charge on any atom is -0.378 e. The van der Waals surface area contributed by atoms with Crippen molar-refractivity contribution in [3.8, 4) is 0 Å². The van der Waals surface area contributed by atoms with E-state index in [0.29, 0.717) is 5.92 Å². The van der Waals surface area contributed by atoms with Crippen LogP contribution in [0.4, 0.5) is 5.69 Å². The highest BCUT2D eigenvalue weighted by Crippen LogP contribution is 2.29. The third-order valence-corrected chi connectivity index (χ3v) is 4.90. The molecule has 0 radical (unpaired) electrons. The molecule has 0 amide bonds. The Hall–Kier alpha value is -1.92. The molecule has 2 aliphatic heterocycles. The van der Waals surface area contributed by atoms with Gasteiger partial charge in [0.25, 0.3) is 0 Å². The summed E-state index contributed by atoms with van der Waals surface area (Å²) in [5, 5.41) is 3.92. The van der Waals surface area contributed by atoms with E-state index in [1.54, 1.807) is 0 Å². The predicted octanol–water partition coefficient (Wildman–Crippen LogP) is 2.20. The average molecular weight is 328 g/mol. The first-order valence-corrected chi connectivity index (χ1v) is 8.73. The van der Waals surface area contributed by atoms with E-state index in [9.17, 15) is 0 Å². The van der Waals surface area contributed by atoms with Crippen LogP contribution in [0.25, 0.3) is 0 Å². The molecule has 0 saturated carbocycles. The minimum atomic E-state index is 0.363. The molecule has 1 aromatic heterocycles. The molecular formula is C18H24N4O2.